The van der Waals surface area contributed by atoms with Gasteiger partial charge in [-0.2, -0.15) is 0 Å². The molecule has 5 heteroatoms. The lowest BCUT2D eigenvalue weighted by Gasteiger charge is -2.03. The van der Waals surface area contributed by atoms with E-state index < -0.39 is 11.9 Å². The smallest absolute Gasteiger partial charge is 0.352 e. The Morgan fingerprint density at radius 3 is 2.62 bits per heavy atom. The quantitative estimate of drug-likeness (QED) is 0.743. The number of hydrogen-bond acceptors (Lipinski definition) is 3. The highest BCUT2D eigenvalue weighted by atomic mass is 16.4. The Bertz CT molecular complexity index is 452. The number of carboxylic acids is 1. The number of rotatable bonds is 3. The standard InChI is InChI=1S/C11H12N2O3/c1-7-3-9(6-12-5-7)4-10(11(15)16)13-8(2)14/h3-6H,1-2H3,(H,13,14)(H,15,16)/b10-4+. The Kier molecular flexibility index (Phi) is 3.77. The van der Waals surface area contributed by atoms with Crippen molar-refractivity contribution in [2.75, 3.05) is 0 Å². The van der Waals surface area contributed by atoms with Crippen molar-refractivity contribution in [1.82, 2.24) is 10.3 Å². The van der Waals surface area contributed by atoms with Gasteiger partial charge in [0.2, 0.25) is 5.91 Å². The van der Waals surface area contributed by atoms with Crippen LogP contribution in [0.4, 0.5) is 0 Å². The van der Waals surface area contributed by atoms with Crippen molar-refractivity contribution in [3.8, 4) is 0 Å². The van der Waals surface area contributed by atoms with E-state index in [0.29, 0.717) is 5.56 Å². The van der Waals surface area contributed by atoms with Crippen LogP contribution in [-0.2, 0) is 9.59 Å². The molecule has 0 aromatic carbocycles. The molecular formula is C11H12N2O3. The Balaban J connectivity index is 3.02. The fourth-order valence-corrected chi connectivity index (χ4v) is 1.16. The molecule has 0 aliphatic carbocycles. The molecule has 0 radical (unpaired) electrons. The zero-order chi connectivity index (χ0) is 12.1. The summed E-state index contributed by atoms with van der Waals surface area (Å²) >= 11 is 0. The molecule has 84 valence electrons. The third-order valence-electron chi connectivity index (χ3n) is 1.75. The number of hydrogen-bond donors (Lipinski definition) is 2. The first-order valence-corrected chi connectivity index (χ1v) is 4.63. The molecule has 0 aliphatic rings. The summed E-state index contributed by atoms with van der Waals surface area (Å²) in [4.78, 5) is 25.5. The van der Waals surface area contributed by atoms with Crippen molar-refractivity contribution in [3.05, 3.63) is 35.3 Å². The Morgan fingerprint density at radius 1 is 1.44 bits per heavy atom. The molecule has 1 heterocycles. The van der Waals surface area contributed by atoms with Gasteiger partial charge in [0.05, 0.1) is 0 Å². The largest absolute Gasteiger partial charge is 0.477 e. The van der Waals surface area contributed by atoms with E-state index in [4.69, 9.17) is 5.11 Å². The van der Waals surface area contributed by atoms with E-state index in [9.17, 15) is 9.59 Å². The van der Waals surface area contributed by atoms with E-state index in [0.717, 1.165) is 5.56 Å². The average Bonchev–Trinajstić information content (AvgIpc) is 2.15. The molecule has 0 spiro atoms. The number of pyridine rings is 1. The third-order valence-corrected chi connectivity index (χ3v) is 1.75. The molecule has 0 unspecified atom stereocenters. The van der Waals surface area contributed by atoms with Crippen LogP contribution >= 0.6 is 0 Å². The summed E-state index contributed by atoms with van der Waals surface area (Å²) in [5.74, 6) is -1.61. The van der Waals surface area contributed by atoms with Crippen LogP contribution in [0.15, 0.2) is 24.2 Å². The normalized spacial score (nSPS) is 11.0. The molecule has 0 bridgehead atoms. The maximum Gasteiger partial charge on any atom is 0.352 e. The molecule has 0 atom stereocenters. The predicted molar refractivity (Wildman–Crippen MR) is 58.4 cm³/mol. The van der Waals surface area contributed by atoms with Gasteiger partial charge < -0.3 is 10.4 Å². The van der Waals surface area contributed by atoms with E-state index in [2.05, 4.69) is 10.3 Å². The molecule has 5 nitrogen and oxygen atoms in total. The number of nitrogens with zero attached hydrogens (tertiary/aromatic N) is 1. The van der Waals surface area contributed by atoms with Crippen LogP contribution in [0, 0.1) is 6.92 Å². The maximum absolute atomic E-state index is 10.8. The van der Waals surface area contributed by atoms with E-state index in [1.165, 1.54) is 19.2 Å². The second-order valence-corrected chi connectivity index (χ2v) is 3.34. The fourth-order valence-electron chi connectivity index (χ4n) is 1.16. The lowest BCUT2D eigenvalue weighted by molar-refractivity contribution is -0.134. The number of carboxylic acid groups (broad SMARTS) is 1. The zero-order valence-corrected chi connectivity index (χ0v) is 9.02. The Labute approximate surface area is 92.8 Å². The highest BCUT2D eigenvalue weighted by Crippen LogP contribution is 2.06. The minimum Gasteiger partial charge on any atom is -0.477 e. The summed E-state index contributed by atoms with van der Waals surface area (Å²) in [6, 6.07) is 1.78. The Morgan fingerprint density at radius 2 is 2.12 bits per heavy atom. The molecule has 0 saturated heterocycles. The molecule has 1 rings (SSSR count). The molecule has 2 N–H and O–H groups in total. The first kappa shape index (κ1) is 11.9. The number of carbonyl (C=O) groups is 2. The fraction of sp³-hybridized carbons (Fsp3) is 0.182. The van der Waals surface area contributed by atoms with Crippen molar-refractivity contribution < 1.29 is 14.7 Å². The minimum absolute atomic E-state index is 0.167. The van der Waals surface area contributed by atoms with E-state index >= 15 is 0 Å². The molecule has 0 saturated carbocycles. The number of aliphatic carboxylic acids is 1. The summed E-state index contributed by atoms with van der Waals surface area (Å²) in [5, 5.41) is 11.1. The third kappa shape index (κ3) is 3.53. The predicted octanol–water partition coefficient (Wildman–Crippen LogP) is 0.952. The van der Waals surface area contributed by atoms with Crippen LogP contribution in [-0.4, -0.2) is 22.0 Å². The number of aromatic nitrogens is 1. The van der Waals surface area contributed by atoms with Crippen LogP contribution < -0.4 is 5.32 Å². The summed E-state index contributed by atoms with van der Waals surface area (Å²) in [7, 11) is 0. The van der Waals surface area contributed by atoms with Gasteiger partial charge in [-0.1, -0.05) is 0 Å². The lowest BCUT2D eigenvalue weighted by Crippen LogP contribution is -2.24. The van der Waals surface area contributed by atoms with Crippen molar-refractivity contribution >= 4 is 18.0 Å². The van der Waals surface area contributed by atoms with E-state index in [-0.39, 0.29) is 5.70 Å². The van der Waals surface area contributed by atoms with E-state index in [1.54, 1.807) is 12.3 Å². The summed E-state index contributed by atoms with van der Waals surface area (Å²) in [6.07, 6.45) is 4.55. The molecule has 1 aromatic heterocycles. The molecular weight excluding hydrogens is 208 g/mol. The minimum atomic E-state index is -1.18. The highest BCUT2D eigenvalue weighted by Gasteiger charge is 2.08. The second-order valence-electron chi connectivity index (χ2n) is 3.34. The topological polar surface area (TPSA) is 79.3 Å². The monoisotopic (exact) mass is 220 g/mol. The van der Waals surface area contributed by atoms with Crippen LogP contribution in [0.25, 0.3) is 6.08 Å². The van der Waals surface area contributed by atoms with Crippen molar-refractivity contribution in [2.45, 2.75) is 13.8 Å². The van der Waals surface area contributed by atoms with Gasteiger partial charge >= 0.3 is 5.97 Å². The van der Waals surface area contributed by atoms with E-state index in [1.807, 2.05) is 6.92 Å². The van der Waals surface area contributed by atoms with Gasteiger partial charge in [0.15, 0.2) is 0 Å². The van der Waals surface area contributed by atoms with Crippen molar-refractivity contribution in [3.63, 3.8) is 0 Å². The second kappa shape index (κ2) is 5.06. The number of nitrogens with one attached hydrogen (secondary N) is 1. The molecule has 16 heavy (non-hydrogen) atoms. The van der Waals surface area contributed by atoms with Gasteiger partial charge in [-0.15, -0.1) is 0 Å². The Hall–Kier alpha value is -2.17. The molecule has 1 aromatic rings. The molecule has 1 amide bonds. The first-order chi connectivity index (χ1) is 7.49. The van der Waals surface area contributed by atoms with Gasteiger partial charge in [0.25, 0.3) is 0 Å². The average molecular weight is 220 g/mol. The molecule has 0 aliphatic heterocycles. The van der Waals surface area contributed by atoms with Gasteiger partial charge in [-0.3, -0.25) is 9.78 Å². The highest BCUT2D eigenvalue weighted by molar-refractivity contribution is 5.96. The van der Waals surface area contributed by atoms with Crippen LogP contribution in [0.3, 0.4) is 0 Å². The number of amides is 1. The summed E-state index contributed by atoms with van der Waals surface area (Å²) in [6.45, 7) is 3.11. The maximum atomic E-state index is 10.8. The van der Waals surface area contributed by atoms with Gasteiger partial charge in [0.1, 0.15) is 5.70 Å². The number of aryl methyl sites for hydroxylation is 1. The summed E-state index contributed by atoms with van der Waals surface area (Å²) < 4.78 is 0. The zero-order valence-electron chi connectivity index (χ0n) is 9.02. The van der Waals surface area contributed by atoms with Crippen molar-refractivity contribution in [2.24, 2.45) is 0 Å². The van der Waals surface area contributed by atoms with Crippen LogP contribution in [0.1, 0.15) is 18.1 Å². The van der Waals surface area contributed by atoms with Crippen LogP contribution in [0.5, 0.6) is 0 Å². The van der Waals surface area contributed by atoms with Crippen molar-refractivity contribution in [1.29, 1.82) is 0 Å². The van der Waals surface area contributed by atoms with Gasteiger partial charge in [0, 0.05) is 19.3 Å². The lowest BCUT2D eigenvalue weighted by atomic mass is 10.2. The SMILES string of the molecule is CC(=O)N/C(=C/c1cncc(C)c1)C(=O)O. The summed E-state index contributed by atoms with van der Waals surface area (Å²) in [5.41, 5.74) is 1.38. The molecule has 0 fully saturated rings. The number of carbonyl (C=O) groups excluding carboxylic acids is 1. The van der Waals surface area contributed by atoms with Gasteiger partial charge in [-0.25, -0.2) is 4.79 Å². The van der Waals surface area contributed by atoms with Gasteiger partial charge in [-0.05, 0) is 30.2 Å². The van der Waals surface area contributed by atoms with Crippen LogP contribution in [0.2, 0.25) is 0 Å². The first-order valence-electron chi connectivity index (χ1n) is 4.63.